The first-order valence-electron chi connectivity index (χ1n) is 8.09. The van der Waals surface area contributed by atoms with E-state index in [1.807, 2.05) is 43.3 Å². The number of allylic oxidation sites excluding steroid dienone is 2. The summed E-state index contributed by atoms with van der Waals surface area (Å²) in [5, 5.41) is 0.958. The largest absolute Gasteiger partial charge is 0.272 e. The van der Waals surface area contributed by atoms with Crippen molar-refractivity contribution in [1.82, 2.24) is 10.4 Å². The number of carbonyl (C=O) groups is 3. The standard InChI is InChI=1S/C18H18N2O3S/c1-10-2-6-13(7-3-10)24-9-14(21)19-20-17(22)15-11-4-5-12(8-11)16(15)18(20)23/h2-7,11-12,15-16H,8-9H2,1H3,(H,19,21)/t11-,12-,15+,16+/m0/s1. The molecule has 1 aliphatic heterocycles. The maximum absolute atomic E-state index is 12.5. The van der Waals surface area contributed by atoms with Gasteiger partial charge in [-0.15, -0.1) is 11.8 Å². The van der Waals surface area contributed by atoms with E-state index in [1.54, 1.807) is 0 Å². The molecule has 1 heterocycles. The maximum atomic E-state index is 12.5. The van der Waals surface area contributed by atoms with Crippen LogP contribution in [0.2, 0.25) is 0 Å². The smallest absolute Gasteiger partial charge is 0.252 e. The molecule has 2 bridgehead atoms. The fourth-order valence-corrected chi connectivity index (χ4v) is 4.64. The Morgan fingerprint density at radius 1 is 1.12 bits per heavy atom. The van der Waals surface area contributed by atoms with Crippen LogP contribution in [0.3, 0.4) is 0 Å². The number of hydrogen-bond donors (Lipinski definition) is 1. The molecule has 3 aliphatic rings. The van der Waals surface area contributed by atoms with Gasteiger partial charge in [-0.1, -0.05) is 29.8 Å². The summed E-state index contributed by atoms with van der Waals surface area (Å²) in [6, 6.07) is 7.87. The van der Waals surface area contributed by atoms with E-state index in [9.17, 15) is 14.4 Å². The third kappa shape index (κ3) is 2.45. The number of thioether (sulfide) groups is 1. The minimum Gasteiger partial charge on any atom is -0.272 e. The molecule has 0 radical (unpaired) electrons. The molecular weight excluding hydrogens is 324 g/mol. The Balaban J connectivity index is 1.37. The lowest BCUT2D eigenvalue weighted by Crippen LogP contribution is -2.48. The summed E-state index contributed by atoms with van der Waals surface area (Å²) in [5.74, 6) is -0.926. The van der Waals surface area contributed by atoms with Crippen LogP contribution >= 0.6 is 11.8 Å². The van der Waals surface area contributed by atoms with E-state index in [2.05, 4.69) is 5.43 Å². The Labute approximate surface area is 144 Å². The van der Waals surface area contributed by atoms with Crippen LogP contribution in [0, 0.1) is 30.6 Å². The number of hydrazine groups is 1. The molecule has 4 rings (SSSR count). The predicted octanol–water partition coefficient (Wildman–Crippen LogP) is 1.93. The fraction of sp³-hybridized carbons (Fsp3) is 0.389. The van der Waals surface area contributed by atoms with Gasteiger partial charge >= 0.3 is 0 Å². The second-order valence-corrected chi connectivity index (χ2v) is 7.70. The second-order valence-electron chi connectivity index (χ2n) is 6.65. The highest BCUT2D eigenvalue weighted by Gasteiger charge is 2.59. The van der Waals surface area contributed by atoms with Gasteiger partial charge in [-0.05, 0) is 37.3 Å². The second kappa shape index (κ2) is 5.77. The summed E-state index contributed by atoms with van der Waals surface area (Å²) in [6.07, 6.45) is 4.96. The molecule has 0 spiro atoms. The van der Waals surface area contributed by atoms with Crippen molar-refractivity contribution in [3.63, 3.8) is 0 Å². The van der Waals surface area contributed by atoms with Crippen molar-refractivity contribution < 1.29 is 14.4 Å². The van der Waals surface area contributed by atoms with E-state index in [0.29, 0.717) is 0 Å². The van der Waals surface area contributed by atoms with E-state index >= 15 is 0 Å². The van der Waals surface area contributed by atoms with Crippen LogP contribution in [0.1, 0.15) is 12.0 Å². The van der Waals surface area contributed by atoms with Gasteiger partial charge < -0.3 is 0 Å². The van der Waals surface area contributed by atoms with Crippen LogP contribution in [0.15, 0.2) is 41.3 Å². The van der Waals surface area contributed by atoms with Crippen molar-refractivity contribution in [3.8, 4) is 0 Å². The molecule has 0 unspecified atom stereocenters. The van der Waals surface area contributed by atoms with E-state index in [4.69, 9.17) is 0 Å². The third-order valence-electron chi connectivity index (χ3n) is 5.10. The maximum Gasteiger partial charge on any atom is 0.252 e. The van der Waals surface area contributed by atoms with Gasteiger partial charge in [0.15, 0.2) is 0 Å². The Morgan fingerprint density at radius 2 is 1.71 bits per heavy atom. The molecule has 2 fully saturated rings. The number of amides is 3. The van der Waals surface area contributed by atoms with E-state index in [-0.39, 0.29) is 47.1 Å². The molecule has 5 nitrogen and oxygen atoms in total. The van der Waals surface area contributed by atoms with Crippen molar-refractivity contribution in [2.75, 3.05) is 5.75 Å². The quantitative estimate of drug-likeness (QED) is 0.516. The summed E-state index contributed by atoms with van der Waals surface area (Å²) in [7, 11) is 0. The SMILES string of the molecule is Cc1ccc(SCC(=O)NN2C(=O)[C@H]3[C@H](C2=O)[C@H]2C=C[C@H]3C2)cc1. The number of nitrogens with one attached hydrogen (secondary N) is 1. The lowest BCUT2D eigenvalue weighted by Gasteiger charge is -2.17. The molecule has 3 amide bonds. The zero-order chi connectivity index (χ0) is 16.8. The Kier molecular flexibility index (Phi) is 3.72. The molecule has 1 aromatic carbocycles. The number of aryl methyl sites for hydroxylation is 1. The average molecular weight is 342 g/mol. The van der Waals surface area contributed by atoms with Crippen molar-refractivity contribution in [1.29, 1.82) is 0 Å². The summed E-state index contributed by atoms with van der Waals surface area (Å²) in [5.41, 5.74) is 3.66. The van der Waals surface area contributed by atoms with Gasteiger partial charge in [0.2, 0.25) is 5.91 Å². The number of imide groups is 1. The van der Waals surface area contributed by atoms with Crippen LogP contribution in [0.5, 0.6) is 0 Å². The minimum absolute atomic E-state index is 0.153. The summed E-state index contributed by atoms with van der Waals surface area (Å²) < 4.78 is 0. The highest BCUT2D eigenvalue weighted by molar-refractivity contribution is 8.00. The molecule has 1 N–H and O–H groups in total. The van der Waals surface area contributed by atoms with Crippen molar-refractivity contribution in [3.05, 3.63) is 42.0 Å². The zero-order valence-corrected chi connectivity index (χ0v) is 14.1. The number of carbonyl (C=O) groups excluding carboxylic acids is 3. The number of hydrogen-bond acceptors (Lipinski definition) is 4. The number of rotatable bonds is 4. The molecule has 1 saturated heterocycles. The Morgan fingerprint density at radius 3 is 2.29 bits per heavy atom. The highest BCUT2D eigenvalue weighted by atomic mass is 32.2. The van der Waals surface area contributed by atoms with Gasteiger partial charge in [-0.25, -0.2) is 0 Å². The molecule has 2 aliphatic carbocycles. The van der Waals surface area contributed by atoms with Gasteiger partial charge in [-0.3, -0.25) is 19.8 Å². The first-order valence-corrected chi connectivity index (χ1v) is 9.08. The number of fused-ring (bicyclic) bond motifs is 5. The summed E-state index contributed by atoms with van der Waals surface area (Å²) in [6.45, 7) is 2.00. The van der Waals surface area contributed by atoms with Gasteiger partial charge in [-0.2, -0.15) is 5.01 Å². The predicted molar refractivity (Wildman–Crippen MR) is 89.6 cm³/mol. The summed E-state index contributed by atoms with van der Waals surface area (Å²) in [4.78, 5) is 38.1. The van der Waals surface area contributed by atoms with Crippen LogP contribution in [0.4, 0.5) is 0 Å². The first kappa shape index (κ1) is 15.4. The fourth-order valence-electron chi connectivity index (χ4n) is 3.95. The van der Waals surface area contributed by atoms with E-state index < -0.39 is 0 Å². The van der Waals surface area contributed by atoms with Gasteiger partial charge in [0.25, 0.3) is 11.8 Å². The third-order valence-corrected chi connectivity index (χ3v) is 6.11. The lowest BCUT2D eigenvalue weighted by atomic mass is 9.85. The topological polar surface area (TPSA) is 66.5 Å². The van der Waals surface area contributed by atoms with Crippen molar-refractivity contribution >= 4 is 29.5 Å². The van der Waals surface area contributed by atoms with Crippen molar-refractivity contribution in [2.45, 2.75) is 18.2 Å². The number of nitrogens with zero attached hydrogens (tertiary/aromatic N) is 1. The average Bonchev–Trinajstić information content (AvgIpc) is 3.24. The molecule has 1 saturated carbocycles. The highest BCUT2D eigenvalue weighted by Crippen LogP contribution is 2.52. The van der Waals surface area contributed by atoms with Crippen LogP contribution in [-0.2, 0) is 14.4 Å². The summed E-state index contributed by atoms with van der Waals surface area (Å²) >= 11 is 1.38. The van der Waals surface area contributed by atoms with E-state index in [1.165, 1.54) is 11.8 Å². The van der Waals surface area contributed by atoms with Crippen LogP contribution in [-0.4, -0.2) is 28.5 Å². The molecule has 6 heteroatoms. The molecular formula is C18H18N2O3S. The van der Waals surface area contributed by atoms with Crippen LogP contribution < -0.4 is 5.43 Å². The molecule has 1 aromatic rings. The van der Waals surface area contributed by atoms with Crippen molar-refractivity contribution in [2.24, 2.45) is 23.7 Å². The van der Waals surface area contributed by atoms with Gasteiger partial charge in [0.1, 0.15) is 0 Å². The zero-order valence-electron chi connectivity index (χ0n) is 13.3. The molecule has 24 heavy (non-hydrogen) atoms. The Hall–Kier alpha value is -2.08. The first-order chi connectivity index (χ1) is 11.5. The number of benzene rings is 1. The van der Waals surface area contributed by atoms with E-state index in [0.717, 1.165) is 21.9 Å². The molecule has 0 aromatic heterocycles. The minimum atomic E-state index is -0.331. The lowest BCUT2D eigenvalue weighted by molar-refractivity contribution is -0.149. The van der Waals surface area contributed by atoms with Gasteiger partial charge in [0.05, 0.1) is 17.6 Å². The van der Waals surface area contributed by atoms with Crippen LogP contribution in [0.25, 0.3) is 0 Å². The Bertz CT molecular complexity index is 713. The monoisotopic (exact) mass is 342 g/mol. The molecule has 124 valence electrons. The van der Waals surface area contributed by atoms with Gasteiger partial charge in [0, 0.05) is 4.90 Å². The normalized spacial score (nSPS) is 30.1. The molecule has 4 atom stereocenters.